The van der Waals surface area contributed by atoms with Crippen molar-refractivity contribution in [2.75, 3.05) is 13.2 Å². The Labute approximate surface area is 117 Å². The number of sulfonamides is 1. The van der Waals surface area contributed by atoms with Crippen molar-refractivity contribution in [2.24, 2.45) is 5.92 Å². The SMILES string of the molecule is CC1CCCN(S(=O)(=O)c2cc(F)cc(F)c2)C1CO. The number of hydrogen-bond acceptors (Lipinski definition) is 3. The van der Waals surface area contributed by atoms with Crippen LogP contribution in [-0.2, 0) is 10.0 Å². The first-order valence-electron chi connectivity index (χ1n) is 6.45. The van der Waals surface area contributed by atoms with Crippen LogP contribution in [0.4, 0.5) is 8.78 Å². The number of benzene rings is 1. The van der Waals surface area contributed by atoms with Gasteiger partial charge in [0.25, 0.3) is 0 Å². The highest BCUT2D eigenvalue weighted by molar-refractivity contribution is 7.89. The second-order valence-corrected chi connectivity index (χ2v) is 6.98. The molecule has 4 nitrogen and oxygen atoms in total. The van der Waals surface area contributed by atoms with E-state index in [1.165, 1.54) is 0 Å². The van der Waals surface area contributed by atoms with Crippen LogP contribution in [0.2, 0.25) is 0 Å². The summed E-state index contributed by atoms with van der Waals surface area (Å²) in [4.78, 5) is -0.414. The number of hydrogen-bond donors (Lipinski definition) is 1. The Bertz CT molecular complexity index is 571. The van der Waals surface area contributed by atoms with E-state index in [4.69, 9.17) is 0 Å². The van der Waals surface area contributed by atoms with Crippen LogP contribution in [0.3, 0.4) is 0 Å². The first kappa shape index (κ1) is 15.3. The molecule has 2 unspecified atom stereocenters. The quantitative estimate of drug-likeness (QED) is 0.925. The highest BCUT2D eigenvalue weighted by atomic mass is 32.2. The monoisotopic (exact) mass is 305 g/mol. The Kier molecular flexibility index (Phi) is 4.41. The minimum atomic E-state index is -4.01. The maximum absolute atomic E-state index is 13.2. The van der Waals surface area contributed by atoms with Crippen molar-refractivity contribution in [3.05, 3.63) is 29.8 Å². The number of nitrogens with zero attached hydrogens (tertiary/aromatic N) is 1. The summed E-state index contributed by atoms with van der Waals surface area (Å²) in [5, 5.41) is 9.40. The van der Waals surface area contributed by atoms with Gasteiger partial charge in [-0.1, -0.05) is 6.92 Å². The molecule has 1 aliphatic rings. The Morgan fingerprint density at radius 2 is 1.90 bits per heavy atom. The fourth-order valence-electron chi connectivity index (χ4n) is 2.59. The predicted molar refractivity (Wildman–Crippen MR) is 69.5 cm³/mol. The van der Waals surface area contributed by atoms with E-state index in [-0.39, 0.29) is 19.1 Å². The summed E-state index contributed by atoms with van der Waals surface area (Å²) >= 11 is 0. The first-order chi connectivity index (χ1) is 9.36. The van der Waals surface area contributed by atoms with Gasteiger partial charge in [0, 0.05) is 12.6 Å². The van der Waals surface area contributed by atoms with Gasteiger partial charge in [-0.05, 0) is 30.9 Å². The van der Waals surface area contributed by atoms with Crippen LogP contribution in [0.15, 0.2) is 23.1 Å². The molecule has 2 rings (SSSR count). The van der Waals surface area contributed by atoms with Crippen LogP contribution in [0, 0.1) is 17.6 Å². The molecule has 0 aromatic heterocycles. The molecule has 1 aromatic carbocycles. The van der Waals surface area contributed by atoms with Crippen LogP contribution in [0.1, 0.15) is 19.8 Å². The molecular formula is C13H17F2NO3S. The van der Waals surface area contributed by atoms with Crippen molar-refractivity contribution >= 4 is 10.0 Å². The van der Waals surface area contributed by atoms with E-state index in [1.807, 2.05) is 6.92 Å². The van der Waals surface area contributed by atoms with Crippen molar-refractivity contribution in [1.82, 2.24) is 4.31 Å². The van der Waals surface area contributed by atoms with E-state index in [9.17, 15) is 22.3 Å². The molecule has 1 fully saturated rings. The van der Waals surface area contributed by atoms with E-state index < -0.39 is 32.6 Å². The van der Waals surface area contributed by atoms with Crippen molar-refractivity contribution in [3.8, 4) is 0 Å². The molecule has 1 N–H and O–H groups in total. The number of rotatable bonds is 3. The molecule has 0 radical (unpaired) electrons. The van der Waals surface area contributed by atoms with Crippen LogP contribution in [0.5, 0.6) is 0 Å². The van der Waals surface area contributed by atoms with Crippen molar-refractivity contribution in [2.45, 2.75) is 30.7 Å². The van der Waals surface area contributed by atoms with Gasteiger partial charge in [0.15, 0.2) is 0 Å². The molecule has 112 valence electrons. The van der Waals surface area contributed by atoms with Gasteiger partial charge in [0.2, 0.25) is 10.0 Å². The predicted octanol–water partition coefficient (Wildman–Crippen LogP) is 1.75. The topological polar surface area (TPSA) is 57.6 Å². The fourth-order valence-corrected chi connectivity index (χ4v) is 4.39. The smallest absolute Gasteiger partial charge is 0.243 e. The fraction of sp³-hybridized carbons (Fsp3) is 0.538. The molecule has 1 aliphatic heterocycles. The summed E-state index contributed by atoms with van der Waals surface area (Å²) < 4.78 is 52.5. The minimum Gasteiger partial charge on any atom is -0.395 e. The summed E-state index contributed by atoms with van der Waals surface area (Å²) in [6, 6.07) is 1.67. The average molecular weight is 305 g/mol. The second kappa shape index (κ2) is 5.75. The maximum atomic E-state index is 13.2. The zero-order chi connectivity index (χ0) is 14.9. The number of aliphatic hydroxyl groups is 1. The summed E-state index contributed by atoms with van der Waals surface area (Å²) in [6.45, 7) is 1.79. The standard InChI is InChI=1S/C13H17F2NO3S/c1-9-3-2-4-16(13(9)8-17)20(18,19)12-6-10(14)5-11(15)7-12/h5-7,9,13,17H,2-4,8H2,1H3. The average Bonchev–Trinajstić information content (AvgIpc) is 2.37. The van der Waals surface area contributed by atoms with Gasteiger partial charge in [0.05, 0.1) is 17.5 Å². The number of aliphatic hydroxyl groups excluding tert-OH is 1. The zero-order valence-electron chi connectivity index (χ0n) is 11.1. The van der Waals surface area contributed by atoms with Crippen molar-refractivity contribution in [3.63, 3.8) is 0 Å². The normalized spacial score (nSPS) is 24.8. The molecule has 20 heavy (non-hydrogen) atoms. The molecular weight excluding hydrogens is 288 g/mol. The summed E-state index contributed by atoms with van der Waals surface area (Å²) in [5.74, 6) is -1.87. The Hall–Kier alpha value is -1.05. The number of halogens is 2. The highest BCUT2D eigenvalue weighted by Crippen LogP contribution is 2.29. The lowest BCUT2D eigenvalue weighted by Gasteiger charge is -2.37. The zero-order valence-corrected chi connectivity index (χ0v) is 11.9. The highest BCUT2D eigenvalue weighted by Gasteiger charge is 2.37. The van der Waals surface area contributed by atoms with E-state index >= 15 is 0 Å². The van der Waals surface area contributed by atoms with Gasteiger partial charge >= 0.3 is 0 Å². The molecule has 1 saturated heterocycles. The summed E-state index contributed by atoms with van der Waals surface area (Å²) in [6.07, 6.45) is 1.48. The maximum Gasteiger partial charge on any atom is 0.243 e. The molecule has 1 aromatic rings. The first-order valence-corrected chi connectivity index (χ1v) is 7.89. The van der Waals surface area contributed by atoms with E-state index in [2.05, 4.69) is 0 Å². The molecule has 0 bridgehead atoms. The summed E-state index contributed by atoms with van der Waals surface area (Å²) in [7, 11) is -4.01. The molecule has 0 saturated carbocycles. The minimum absolute atomic E-state index is 0.00179. The van der Waals surface area contributed by atoms with Crippen LogP contribution in [0.25, 0.3) is 0 Å². The van der Waals surface area contributed by atoms with Gasteiger partial charge in [-0.2, -0.15) is 4.31 Å². The summed E-state index contributed by atoms with van der Waals surface area (Å²) in [5.41, 5.74) is 0. The lowest BCUT2D eigenvalue weighted by molar-refractivity contribution is 0.113. The van der Waals surface area contributed by atoms with Crippen molar-refractivity contribution < 1.29 is 22.3 Å². The lowest BCUT2D eigenvalue weighted by Crippen LogP contribution is -2.49. The van der Waals surface area contributed by atoms with Gasteiger partial charge < -0.3 is 5.11 Å². The largest absolute Gasteiger partial charge is 0.395 e. The number of piperidine rings is 1. The van der Waals surface area contributed by atoms with Crippen LogP contribution >= 0.6 is 0 Å². The van der Waals surface area contributed by atoms with Crippen LogP contribution in [-0.4, -0.2) is 37.0 Å². The Morgan fingerprint density at radius 3 is 2.45 bits per heavy atom. The van der Waals surface area contributed by atoms with Gasteiger partial charge in [-0.15, -0.1) is 0 Å². The van der Waals surface area contributed by atoms with E-state index in [0.717, 1.165) is 22.9 Å². The van der Waals surface area contributed by atoms with Gasteiger partial charge in [-0.25, -0.2) is 17.2 Å². The van der Waals surface area contributed by atoms with Gasteiger partial charge in [0.1, 0.15) is 11.6 Å². The van der Waals surface area contributed by atoms with Gasteiger partial charge in [-0.3, -0.25) is 0 Å². The Morgan fingerprint density at radius 1 is 1.30 bits per heavy atom. The third-order valence-electron chi connectivity index (χ3n) is 3.69. The lowest BCUT2D eigenvalue weighted by atomic mass is 9.93. The second-order valence-electron chi connectivity index (χ2n) is 5.09. The molecule has 0 aliphatic carbocycles. The van der Waals surface area contributed by atoms with E-state index in [1.54, 1.807) is 0 Å². The third-order valence-corrected chi connectivity index (χ3v) is 5.60. The Balaban J connectivity index is 2.42. The molecule has 0 amide bonds. The molecule has 1 heterocycles. The molecule has 7 heteroatoms. The molecule has 2 atom stereocenters. The van der Waals surface area contributed by atoms with Crippen molar-refractivity contribution in [1.29, 1.82) is 0 Å². The van der Waals surface area contributed by atoms with Crippen LogP contribution < -0.4 is 0 Å². The van der Waals surface area contributed by atoms with E-state index in [0.29, 0.717) is 12.5 Å². The third kappa shape index (κ3) is 2.84. The molecule has 0 spiro atoms.